The number of hydrogen-bond donors (Lipinski definition) is 2. The SMILES string of the molecule is C#CCC(C)NC(C)c1ccc(C(=O)O)o1. The molecule has 0 amide bonds. The lowest BCUT2D eigenvalue weighted by atomic mass is 10.2. The Labute approximate surface area is 94.7 Å². The molecule has 1 rings (SSSR count). The molecule has 2 unspecified atom stereocenters. The zero-order valence-electron chi connectivity index (χ0n) is 9.36. The van der Waals surface area contributed by atoms with Crippen molar-refractivity contribution < 1.29 is 14.3 Å². The minimum atomic E-state index is -1.06. The van der Waals surface area contributed by atoms with Crippen molar-refractivity contribution in [2.75, 3.05) is 0 Å². The molecule has 0 aliphatic carbocycles. The van der Waals surface area contributed by atoms with Crippen LogP contribution in [0.15, 0.2) is 16.5 Å². The number of terminal acetylenes is 1. The van der Waals surface area contributed by atoms with Gasteiger partial charge in [-0.3, -0.25) is 0 Å². The van der Waals surface area contributed by atoms with Gasteiger partial charge in [0.05, 0.1) is 6.04 Å². The van der Waals surface area contributed by atoms with Gasteiger partial charge in [0.2, 0.25) is 5.76 Å². The molecule has 0 radical (unpaired) electrons. The summed E-state index contributed by atoms with van der Waals surface area (Å²) in [5, 5.41) is 11.9. The van der Waals surface area contributed by atoms with Gasteiger partial charge in [-0.25, -0.2) is 4.79 Å². The maximum absolute atomic E-state index is 10.6. The number of carboxylic acid groups (broad SMARTS) is 1. The van der Waals surface area contributed by atoms with Crippen molar-refractivity contribution in [3.63, 3.8) is 0 Å². The summed E-state index contributed by atoms with van der Waals surface area (Å²) in [4.78, 5) is 10.6. The average Bonchev–Trinajstić information content (AvgIpc) is 2.66. The minimum Gasteiger partial charge on any atom is -0.475 e. The highest BCUT2D eigenvalue weighted by atomic mass is 16.4. The van der Waals surface area contributed by atoms with Crippen LogP contribution in [0.1, 0.15) is 42.6 Å². The fraction of sp³-hybridized carbons (Fsp3) is 0.417. The fourth-order valence-corrected chi connectivity index (χ4v) is 1.45. The Bertz CT molecular complexity index is 403. The number of rotatable bonds is 5. The number of carboxylic acids is 1. The van der Waals surface area contributed by atoms with Crippen LogP contribution >= 0.6 is 0 Å². The van der Waals surface area contributed by atoms with Gasteiger partial charge >= 0.3 is 5.97 Å². The van der Waals surface area contributed by atoms with Crippen molar-refractivity contribution in [1.82, 2.24) is 5.32 Å². The molecular weight excluding hydrogens is 206 g/mol. The normalized spacial score (nSPS) is 14.1. The first kappa shape index (κ1) is 12.3. The van der Waals surface area contributed by atoms with Crippen LogP contribution in [0, 0.1) is 12.3 Å². The Morgan fingerprint density at radius 3 is 2.81 bits per heavy atom. The fourth-order valence-electron chi connectivity index (χ4n) is 1.45. The molecule has 0 spiro atoms. The summed E-state index contributed by atoms with van der Waals surface area (Å²) in [5.74, 6) is 2.05. The van der Waals surface area contributed by atoms with Gasteiger partial charge in [0.1, 0.15) is 5.76 Å². The Hall–Kier alpha value is -1.73. The molecule has 0 fully saturated rings. The van der Waals surface area contributed by atoms with Gasteiger partial charge in [-0.05, 0) is 26.0 Å². The van der Waals surface area contributed by atoms with E-state index in [1.165, 1.54) is 6.07 Å². The summed E-state index contributed by atoms with van der Waals surface area (Å²) in [7, 11) is 0. The predicted molar refractivity (Wildman–Crippen MR) is 60.1 cm³/mol. The second kappa shape index (κ2) is 5.38. The van der Waals surface area contributed by atoms with E-state index in [1.807, 2.05) is 13.8 Å². The third-order valence-electron chi connectivity index (χ3n) is 2.22. The van der Waals surface area contributed by atoms with Gasteiger partial charge < -0.3 is 14.8 Å². The zero-order chi connectivity index (χ0) is 12.1. The molecular formula is C12H15NO3. The van der Waals surface area contributed by atoms with Crippen LogP contribution in [0.3, 0.4) is 0 Å². The molecule has 0 saturated heterocycles. The summed E-state index contributed by atoms with van der Waals surface area (Å²) in [5.41, 5.74) is 0. The molecule has 0 aliphatic rings. The van der Waals surface area contributed by atoms with Gasteiger partial charge in [0.15, 0.2) is 0 Å². The first-order valence-electron chi connectivity index (χ1n) is 5.07. The maximum atomic E-state index is 10.6. The molecule has 4 nitrogen and oxygen atoms in total. The second-order valence-electron chi connectivity index (χ2n) is 3.70. The quantitative estimate of drug-likeness (QED) is 0.747. The topological polar surface area (TPSA) is 62.5 Å². The van der Waals surface area contributed by atoms with Crippen molar-refractivity contribution in [1.29, 1.82) is 0 Å². The van der Waals surface area contributed by atoms with Crippen LogP contribution in [-0.4, -0.2) is 17.1 Å². The summed E-state index contributed by atoms with van der Waals surface area (Å²) >= 11 is 0. The molecule has 0 aliphatic heterocycles. The molecule has 0 aromatic carbocycles. The number of furan rings is 1. The third kappa shape index (κ3) is 3.14. The van der Waals surface area contributed by atoms with Crippen LogP contribution in [0.5, 0.6) is 0 Å². The highest BCUT2D eigenvalue weighted by Gasteiger charge is 2.15. The van der Waals surface area contributed by atoms with E-state index in [0.717, 1.165) is 0 Å². The molecule has 0 bridgehead atoms. The van der Waals surface area contributed by atoms with Crippen LogP contribution in [0.25, 0.3) is 0 Å². The highest BCUT2D eigenvalue weighted by molar-refractivity contribution is 5.84. The van der Waals surface area contributed by atoms with E-state index in [-0.39, 0.29) is 17.8 Å². The summed E-state index contributed by atoms with van der Waals surface area (Å²) in [6, 6.07) is 3.21. The van der Waals surface area contributed by atoms with Crippen LogP contribution in [0.4, 0.5) is 0 Å². The Kier molecular flexibility index (Phi) is 4.15. The first-order chi connectivity index (χ1) is 7.54. The maximum Gasteiger partial charge on any atom is 0.371 e. The van der Waals surface area contributed by atoms with E-state index in [4.69, 9.17) is 15.9 Å². The molecule has 1 heterocycles. The second-order valence-corrected chi connectivity index (χ2v) is 3.70. The van der Waals surface area contributed by atoms with E-state index < -0.39 is 5.97 Å². The monoisotopic (exact) mass is 221 g/mol. The molecule has 0 saturated carbocycles. The van der Waals surface area contributed by atoms with Gasteiger partial charge in [0, 0.05) is 12.5 Å². The van der Waals surface area contributed by atoms with E-state index in [1.54, 1.807) is 6.07 Å². The van der Waals surface area contributed by atoms with Crippen LogP contribution in [0.2, 0.25) is 0 Å². The summed E-state index contributed by atoms with van der Waals surface area (Å²) in [6.45, 7) is 3.87. The Morgan fingerprint density at radius 1 is 1.62 bits per heavy atom. The highest BCUT2D eigenvalue weighted by Crippen LogP contribution is 2.17. The Morgan fingerprint density at radius 2 is 2.31 bits per heavy atom. The lowest BCUT2D eigenvalue weighted by Gasteiger charge is -2.16. The van der Waals surface area contributed by atoms with Crippen molar-refractivity contribution in [3.8, 4) is 12.3 Å². The lowest BCUT2D eigenvalue weighted by molar-refractivity contribution is 0.0659. The number of carbonyl (C=O) groups is 1. The standard InChI is InChI=1S/C12H15NO3/c1-4-5-8(2)13-9(3)10-6-7-11(16-10)12(14)15/h1,6-9,13H,5H2,2-3H3,(H,14,15). The van der Waals surface area contributed by atoms with Gasteiger partial charge in [0.25, 0.3) is 0 Å². The third-order valence-corrected chi connectivity index (χ3v) is 2.22. The molecule has 2 atom stereocenters. The van der Waals surface area contributed by atoms with Crippen molar-refractivity contribution in [2.45, 2.75) is 32.4 Å². The van der Waals surface area contributed by atoms with E-state index in [0.29, 0.717) is 12.2 Å². The minimum absolute atomic E-state index is 0.0479. The van der Waals surface area contributed by atoms with E-state index >= 15 is 0 Å². The molecule has 1 aromatic rings. The van der Waals surface area contributed by atoms with Crippen molar-refractivity contribution in [3.05, 3.63) is 23.7 Å². The van der Waals surface area contributed by atoms with Crippen molar-refractivity contribution >= 4 is 5.97 Å². The summed E-state index contributed by atoms with van der Waals surface area (Å²) < 4.78 is 5.17. The van der Waals surface area contributed by atoms with Gasteiger partial charge in [-0.15, -0.1) is 12.3 Å². The number of aromatic carboxylic acids is 1. The van der Waals surface area contributed by atoms with E-state index in [2.05, 4.69) is 11.2 Å². The zero-order valence-corrected chi connectivity index (χ0v) is 9.36. The predicted octanol–water partition coefficient (Wildman–Crippen LogP) is 2.04. The van der Waals surface area contributed by atoms with Gasteiger partial charge in [-0.1, -0.05) is 0 Å². The van der Waals surface area contributed by atoms with Crippen molar-refractivity contribution in [2.24, 2.45) is 0 Å². The molecule has 1 aromatic heterocycles. The number of hydrogen-bond acceptors (Lipinski definition) is 3. The Balaban J connectivity index is 2.62. The van der Waals surface area contributed by atoms with Crippen LogP contribution < -0.4 is 5.32 Å². The van der Waals surface area contributed by atoms with E-state index in [9.17, 15) is 4.79 Å². The lowest BCUT2D eigenvalue weighted by Crippen LogP contribution is -2.28. The molecule has 86 valence electrons. The molecule has 2 N–H and O–H groups in total. The summed E-state index contributed by atoms with van der Waals surface area (Å²) in [6.07, 6.45) is 5.82. The smallest absolute Gasteiger partial charge is 0.371 e. The number of nitrogens with one attached hydrogen (secondary N) is 1. The van der Waals surface area contributed by atoms with Gasteiger partial charge in [-0.2, -0.15) is 0 Å². The molecule has 16 heavy (non-hydrogen) atoms. The molecule has 4 heteroatoms. The average molecular weight is 221 g/mol. The van der Waals surface area contributed by atoms with Crippen LogP contribution in [-0.2, 0) is 0 Å². The largest absolute Gasteiger partial charge is 0.475 e. The first-order valence-corrected chi connectivity index (χ1v) is 5.07.